The van der Waals surface area contributed by atoms with Crippen LogP contribution in [0.3, 0.4) is 0 Å². The summed E-state index contributed by atoms with van der Waals surface area (Å²) in [6, 6.07) is 4.25. The van der Waals surface area contributed by atoms with E-state index in [9.17, 15) is 13.6 Å². The predicted molar refractivity (Wildman–Crippen MR) is 80.3 cm³/mol. The van der Waals surface area contributed by atoms with E-state index >= 15 is 0 Å². The highest BCUT2D eigenvalue weighted by Crippen LogP contribution is 2.42. The van der Waals surface area contributed by atoms with Crippen LogP contribution >= 0.6 is 0 Å². The van der Waals surface area contributed by atoms with E-state index in [4.69, 9.17) is 4.74 Å². The molecule has 0 spiro atoms. The SMILES string of the molecule is O=C(Nc1ccc2c(c1)OC(F)(F)O2)N(CC1CCOC1)C1CC1. The van der Waals surface area contributed by atoms with Crippen LogP contribution in [0.4, 0.5) is 19.3 Å². The number of hydrogen-bond donors (Lipinski definition) is 1. The summed E-state index contributed by atoms with van der Waals surface area (Å²) in [6.45, 7) is 2.07. The summed E-state index contributed by atoms with van der Waals surface area (Å²) >= 11 is 0. The van der Waals surface area contributed by atoms with Gasteiger partial charge in [-0.3, -0.25) is 0 Å². The summed E-state index contributed by atoms with van der Waals surface area (Å²) in [5, 5.41) is 2.76. The fraction of sp³-hybridized carbons (Fsp3) is 0.562. The minimum Gasteiger partial charge on any atom is -0.395 e. The Morgan fingerprint density at radius 3 is 2.75 bits per heavy atom. The van der Waals surface area contributed by atoms with Crippen molar-refractivity contribution >= 4 is 11.7 Å². The van der Waals surface area contributed by atoms with Gasteiger partial charge in [0.1, 0.15) is 0 Å². The molecule has 2 heterocycles. The average molecular weight is 340 g/mol. The number of urea groups is 1. The molecular weight excluding hydrogens is 322 g/mol. The Bertz CT molecular complexity index is 645. The monoisotopic (exact) mass is 340 g/mol. The first-order chi connectivity index (χ1) is 11.5. The van der Waals surface area contributed by atoms with E-state index in [-0.39, 0.29) is 23.6 Å². The second-order valence-electron chi connectivity index (χ2n) is 6.37. The van der Waals surface area contributed by atoms with Crippen LogP contribution in [0, 0.1) is 5.92 Å². The first-order valence-electron chi connectivity index (χ1n) is 8.05. The third-order valence-corrected chi connectivity index (χ3v) is 4.38. The van der Waals surface area contributed by atoms with Gasteiger partial charge in [0.2, 0.25) is 0 Å². The number of nitrogens with one attached hydrogen (secondary N) is 1. The lowest BCUT2D eigenvalue weighted by atomic mass is 10.1. The number of carbonyl (C=O) groups excluding carboxylic acids is 1. The van der Waals surface area contributed by atoms with E-state index in [2.05, 4.69) is 14.8 Å². The number of nitrogens with zero attached hydrogens (tertiary/aromatic N) is 1. The van der Waals surface area contributed by atoms with E-state index in [1.807, 2.05) is 4.90 Å². The molecule has 24 heavy (non-hydrogen) atoms. The maximum atomic E-state index is 13.0. The largest absolute Gasteiger partial charge is 0.586 e. The van der Waals surface area contributed by atoms with Crippen molar-refractivity contribution in [2.75, 3.05) is 25.1 Å². The molecular formula is C16H18F2N2O4. The summed E-state index contributed by atoms with van der Waals surface area (Å²) in [5.74, 6) is 0.229. The summed E-state index contributed by atoms with van der Waals surface area (Å²) in [6.07, 6.45) is -0.716. The standard InChI is InChI=1S/C16H18F2N2O4/c17-16(18)23-13-4-1-11(7-14(13)24-16)19-15(21)20(12-2-3-12)8-10-5-6-22-9-10/h1,4,7,10,12H,2-3,5-6,8-9H2,(H,19,21). The van der Waals surface area contributed by atoms with Crippen molar-refractivity contribution < 1.29 is 27.8 Å². The normalized spacial score (nSPS) is 24.0. The Morgan fingerprint density at radius 1 is 1.25 bits per heavy atom. The van der Waals surface area contributed by atoms with Crippen LogP contribution in [0.2, 0.25) is 0 Å². The smallest absolute Gasteiger partial charge is 0.395 e. The van der Waals surface area contributed by atoms with Crippen molar-refractivity contribution in [2.24, 2.45) is 5.92 Å². The molecule has 1 N–H and O–H groups in total. The molecule has 3 aliphatic rings. The molecule has 1 saturated heterocycles. The molecule has 1 aromatic rings. The minimum absolute atomic E-state index is 0.0415. The first-order valence-corrected chi connectivity index (χ1v) is 8.05. The van der Waals surface area contributed by atoms with Crippen LogP contribution in [0.25, 0.3) is 0 Å². The molecule has 1 aliphatic carbocycles. The number of amides is 2. The third kappa shape index (κ3) is 3.24. The maximum absolute atomic E-state index is 13.0. The molecule has 0 radical (unpaired) electrons. The average Bonchev–Trinajstić information content (AvgIpc) is 3.12. The zero-order valence-electron chi connectivity index (χ0n) is 13.0. The summed E-state index contributed by atoms with van der Waals surface area (Å²) in [7, 11) is 0. The zero-order chi connectivity index (χ0) is 16.7. The predicted octanol–water partition coefficient (Wildman–Crippen LogP) is 3.04. The van der Waals surface area contributed by atoms with Gasteiger partial charge < -0.3 is 24.4 Å². The third-order valence-electron chi connectivity index (χ3n) is 4.38. The van der Waals surface area contributed by atoms with Gasteiger partial charge in [0.25, 0.3) is 0 Å². The van der Waals surface area contributed by atoms with Gasteiger partial charge >= 0.3 is 12.3 Å². The number of ether oxygens (including phenoxy) is 3. The van der Waals surface area contributed by atoms with E-state index in [0.29, 0.717) is 24.8 Å². The Hall–Kier alpha value is -2.09. The van der Waals surface area contributed by atoms with Crippen LogP contribution in [-0.2, 0) is 4.74 Å². The van der Waals surface area contributed by atoms with Crippen LogP contribution in [-0.4, -0.2) is 43.0 Å². The molecule has 6 nitrogen and oxygen atoms in total. The fourth-order valence-electron chi connectivity index (χ4n) is 3.01. The van der Waals surface area contributed by atoms with Gasteiger partial charge in [0, 0.05) is 36.9 Å². The lowest BCUT2D eigenvalue weighted by Gasteiger charge is -2.25. The Kier molecular flexibility index (Phi) is 3.71. The summed E-state index contributed by atoms with van der Waals surface area (Å²) in [5.41, 5.74) is 0.397. The highest BCUT2D eigenvalue weighted by atomic mass is 19.3. The number of alkyl halides is 2. The molecule has 4 rings (SSSR count). The number of anilines is 1. The molecule has 130 valence electrons. The number of halogens is 2. The Balaban J connectivity index is 1.43. The van der Waals surface area contributed by atoms with Crippen LogP contribution in [0.1, 0.15) is 19.3 Å². The Labute approximate surface area is 137 Å². The van der Waals surface area contributed by atoms with Gasteiger partial charge in [-0.25, -0.2) is 4.79 Å². The van der Waals surface area contributed by atoms with Gasteiger partial charge in [-0.05, 0) is 31.4 Å². The molecule has 1 atom stereocenters. The summed E-state index contributed by atoms with van der Waals surface area (Å²) in [4.78, 5) is 14.4. The van der Waals surface area contributed by atoms with Crippen LogP contribution in [0.15, 0.2) is 18.2 Å². The fourth-order valence-corrected chi connectivity index (χ4v) is 3.01. The van der Waals surface area contributed by atoms with Crippen molar-refractivity contribution in [1.82, 2.24) is 4.90 Å². The Morgan fingerprint density at radius 2 is 2.04 bits per heavy atom. The second kappa shape index (κ2) is 5.77. The van der Waals surface area contributed by atoms with E-state index < -0.39 is 6.29 Å². The molecule has 2 amide bonds. The van der Waals surface area contributed by atoms with Crippen molar-refractivity contribution in [3.05, 3.63) is 18.2 Å². The molecule has 8 heteroatoms. The molecule has 2 aliphatic heterocycles. The van der Waals surface area contributed by atoms with E-state index in [1.54, 1.807) is 0 Å². The molecule has 1 unspecified atom stereocenters. The quantitative estimate of drug-likeness (QED) is 0.915. The van der Waals surface area contributed by atoms with Crippen molar-refractivity contribution in [3.8, 4) is 11.5 Å². The van der Waals surface area contributed by atoms with E-state index in [0.717, 1.165) is 25.9 Å². The van der Waals surface area contributed by atoms with Crippen molar-refractivity contribution in [1.29, 1.82) is 0 Å². The molecule has 0 bridgehead atoms. The van der Waals surface area contributed by atoms with E-state index in [1.165, 1.54) is 18.2 Å². The number of carbonyl (C=O) groups is 1. The number of hydrogen-bond acceptors (Lipinski definition) is 4. The molecule has 1 aromatic carbocycles. The minimum atomic E-state index is -3.66. The first kappa shape index (κ1) is 15.4. The van der Waals surface area contributed by atoms with Gasteiger partial charge in [0.15, 0.2) is 11.5 Å². The maximum Gasteiger partial charge on any atom is 0.586 e. The zero-order valence-corrected chi connectivity index (χ0v) is 13.0. The lowest BCUT2D eigenvalue weighted by Crippen LogP contribution is -2.40. The number of rotatable bonds is 4. The van der Waals surface area contributed by atoms with Crippen molar-refractivity contribution in [2.45, 2.75) is 31.6 Å². The number of benzene rings is 1. The summed E-state index contributed by atoms with van der Waals surface area (Å²) < 4.78 is 40.2. The highest BCUT2D eigenvalue weighted by Gasteiger charge is 2.43. The molecule has 0 aromatic heterocycles. The van der Waals surface area contributed by atoms with Gasteiger partial charge in [-0.15, -0.1) is 8.78 Å². The highest BCUT2D eigenvalue weighted by molar-refractivity contribution is 5.90. The lowest BCUT2D eigenvalue weighted by molar-refractivity contribution is -0.286. The topological polar surface area (TPSA) is 60.0 Å². The molecule has 2 fully saturated rings. The van der Waals surface area contributed by atoms with Crippen LogP contribution < -0.4 is 14.8 Å². The molecule has 1 saturated carbocycles. The van der Waals surface area contributed by atoms with Crippen LogP contribution in [0.5, 0.6) is 11.5 Å². The second-order valence-corrected chi connectivity index (χ2v) is 6.37. The number of fused-ring (bicyclic) bond motifs is 1. The van der Waals surface area contributed by atoms with Gasteiger partial charge in [-0.2, -0.15) is 0 Å². The van der Waals surface area contributed by atoms with Gasteiger partial charge in [0.05, 0.1) is 6.61 Å². The van der Waals surface area contributed by atoms with Gasteiger partial charge in [-0.1, -0.05) is 0 Å². The van der Waals surface area contributed by atoms with Crippen molar-refractivity contribution in [3.63, 3.8) is 0 Å².